The van der Waals surface area contributed by atoms with Crippen molar-refractivity contribution in [1.29, 1.82) is 0 Å². The van der Waals surface area contributed by atoms with Crippen molar-refractivity contribution in [2.45, 2.75) is 12.4 Å². The van der Waals surface area contributed by atoms with Crippen molar-refractivity contribution in [1.82, 2.24) is 4.90 Å². The van der Waals surface area contributed by atoms with Gasteiger partial charge in [-0.15, -0.1) is 13.2 Å². The summed E-state index contributed by atoms with van der Waals surface area (Å²) in [5.41, 5.74) is 1.12. The van der Waals surface area contributed by atoms with E-state index in [1.165, 1.54) is 13.2 Å². The van der Waals surface area contributed by atoms with Crippen molar-refractivity contribution in [3.05, 3.63) is 46.9 Å². The molecule has 2 aromatic rings. The molecule has 1 aliphatic heterocycles. The van der Waals surface area contributed by atoms with Gasteiger partial charge in [0.1, 0.15) is 11.5 Å². The highest BCUT2D eigenvalue weighted by Crippen LogP contribution is 2.31. The van der Waals surface area contributed by atoms with Crippen LogP contribution in [0.2, 0.25) is 0 Å². The Kier molecular flexibility index (Phi) is 6.11. The smallest absolute Gasteiger partial charge is 0.497 e. The number of ether oxygens (including phenoxy) is 2. The molecular weight excluding hydrogens is 455 g/mol. The Balaban J connectivity index is 1.81. The van der Waals surface area contributed by atoms with E-state index in [1.807, 2.05) is 24.3 Å². The van der Waals surface area contributed by atoms with Gasteiger partial charge in [-0.1, -0.05) is 15.9 Å². The van der Waals surface area contributed by atoms with E-state index in [2.05, 4.69) is 26.0 Å². The van der Waals surface area contributed by atoms with Crippen molar-refractivity contribution >= 4 is 33.3 Å². The van der Waals surface area contributed by atoms with Crippen molar-refractivity contribution in [2.75, 3.05) is 37.5 Å². The second-order valence-corrected chi connectivity index (χ2v) is 7.45. The zero-order chi connectivity index (χ0) is 21.2. The van der Waals surface area contributed by atoms with Gasteiger partial charge in [0, 0.05) is 54.2 Å². The Morgan fingerprint density at radius 2 is 1.76 bits per heavy atom. The van der Waals surface area contributed by atoms with Gasteiger partial charge in [-0.2, -0.15) is 0 Å². The number of urea groups is 1. The summed E-state index contributed by atoms with van der Waals surface area (Å²) in [5.74, 6) is -0.163. The molecule has 6 nitrogen and oxygen atoms in total. The second-order valence-electron chi connectivity index (χ2n) is 6.54. The van der Waals surface area contributed by atoms with Crippen molar-refractivity contribution < 1.29 is 27.4 Å². The molecule has 0 aromatic heterocycles. The molecule has 1 N–H and O–H groups in total. The maximum atomic E-state index is 12.6. The van der Waals surface area contributed by atoms with Crippen molar-refractivity contribution in [2.24, 2.45) is 0 Å². The fraction of sp³-hybridized carbons (Fsp3) is 0.316. The SMILES string of the molecule is COc1cc(NC2CN(C)C(=O)N(c3ccc(Br)cc3)C2)cc(OC(F)(F)F)c1. The molecule has 3 rings (SSSR count). The van der Waals surface area contributed by atoms with Gasteiger partial charge in [0.05, 0.1) is 13.2 Å². The third-order valence-electron chi connectivity index (χ3n) is 4.31. The largest absolute Gasteiger partial charge is 0.573 e. The normalized spacial score (nSPS) is 17.3. The summed E-state index contributed by atoms with van der Waals surface area (Å²) < 4.78 is 47.8. The van der Waals surface area contributed by atoms with Crippen LogP contribution in [0.3, 0.4) is 0 Å². The minimum Gasteiger partial charge on any atom is -0.497 e. The van der Waals surface area contributed by atoms with E-state index in [0.717, 1.165) is 16.2 Å². The Hall–Kier alpha value is -2.62. The monoisotopic (exact) mass is 473 g/mol. The highest BCUT2D eigenvalue weighted by atomic mass is 79.9. The molecule has 0 bridgehead atoms. The van der Waals surface area contributed by atoms with Crippen LogP contribution in [0, 0.1) is 0 Å². The Bertz CT molecular complexity index is 877. The number of benzene rings is 2. The summed E-state index contributed by atoms with van der Waals surface area (Å²) in [7, 11) is 3.03. The standard InChI is InChI=1S/C19H19BrF3N3O3/c1-25-10-14(11-26(18(25)27)15-5-3-12(20)4-6-15)24-13-7-16(28-2)9-17(8-13)29-19(21,22)23/h3-9,14,24H,10-11H2,1-2H3. The fourth-order valence-electron chi connectivity index (χ4n) is 3.10. The molecule has 156 valence electrons. The summed E-state index contributed by atoms with van der Waals surface area (Å²) in [6.45, 7) is 0.732. The third-order valence-corrected chi connectivity index (χ3v) is 4.84. The summed E-state index contributed by atoms with van der Waals surface area (Å²) in [5, 5.41) is 3.17. The maximum absolute atomic E-state index is 12.6. The van der Waals surface area contributed by atoms with Crippen LogP contribution in [0.25, 0.3) is 0 Å². The van der Waals surface area contributed by atoms with Crippen molar-refractivity contribution in [3.63, 3.8) is 0 Å². The van der Waals surface area contributed by atoms with Crippen LogP contribution in [0.5, 0.6) is 11.5 Å². The molecule has 10 heteroatoms. The first-order chi connectivity index (χ1) is 13.6. The summed E-state index contributed by atoms with van der Waals surface area (Å²) in [6.07, 6.45) is -4.81. The maximum Gasteiger partial charge on any atom is 0.573 e. The Labute approximate surface area is 174 Å². The third kappa shape index (κ3) is 5.47. The first-order valence-corrected chi connectivity index (χ1v) is 9.43. The molecule has 0 saturated carbocycles. The lowest BCUT2D eigenvalue weighted by Crippen LogP contribution is -2.56. The zero-order valence-electron chi connectivity index (χ0n) is 15.7. The van der Waals surface area contributed by atoms with Crippen LogP contribution in [0.15, 0.2) is 46.9 Å². The van der Waals surface area contributed by atoms with Crippen LogP contribution in [0.4, 0.5) is 29.3 Å². The summed E-state index contributed by atoms with van der Waals surface area (Å²) in [6, 6.07) is 10.9. The molecule has 2 aromatic carbocycles. The van der Waals surface area contributed by atoms with E-state index in [4.69, 9.17) is 4.74 Å². The van der Waals surface area contributed by atoms with Crippen molar-refractivity contribution in [3.8, 4) is 11.5 Å². The van der Waals surface area contributed by atoms with E-state index >= 15 is 0 Å². The number of hydrogen-bond acceptors (Lipinski definition) is 4. The highest BCUT2D eigenvalue weighted by Gasteiger charge is 2.33. The number of likely N-dealkylation sites (N-methyl/N-ethyl adjacent to an activating group) is 1. The predicted octanol–water partition coefficient (Wildman–Crippen LogP) is 4.71. The molecule has 1 fully saturated rings. The number of rotatable bonds is 5. The van der Waals surface area contributed by atoms with Gasteiger partial charge in [0.2, 0.25) is 0 Å². The quantitative estimate of drug-likeness (QED) is 0.683. The minimum atomic E-state index is -4.81. The highest BCUT2D eigenvalue weighted by molar-refractivity contribution is 9.10. The molecular formula is C19H19BrF3N3O3. The number of methoxy groups -OCH3 is 1. The molecule has 1 saturated heterocycles. The van der Waals surface area contributed by atoms with Crippen LogP contribution in [-0.2, 0) is 0 Å². The summed E-state index contributed by atoms with van der Waals surface area (Å²) in [4.78, 5) is 15.7. The molecule has 0 radical (unpaired) electrons. The number of halogens is 4. The number of hydrogen-bond donors (Lipinski definition) is 1. The first kappa shape index (κ1) is 21.1. The lowest BCUT2D eigenvalue weighted by Gasteiger charge is -2.39. The first-order valence-electron chi connectivity index (χ1n) is 8.64. The van der Waals surface area contributed by atoms with Crippen LogP contribution < -0.4 is 19.7 Å². The Morgan fingerprint density at radius 3 is 2.38 bits per heavy atom. The Morgan fingerprint density at radius 1 is 1.10 bits per heavy atom. The number of anilines is 2. The number of alkyl halides is 3. The van der Waals surface area contributed by atoms with Crippen LogP contribution in [0.1, 0.15) is 0 Å². The second kappa shape index (κ2) is 8.40. The van der Waals surface area contributed by atoms with Gasteiger partial charge in [0.25, 0.3) is 0 Å². The summed E-state index contributed by atoms with van der Waals surface area (Å²) >= 11 is 3.36. The van der Waals surface area contributed by atoms with Gasteiger partial charge in [-0.3, -0.25) is 4.90 Å². The fourth-order valence-corrected chi connectivity index (χ4v) is 3.36. The molecule has 0 spiro atoms. The van der Waals surface area contributed by atoms with Gasteiger partial charge in [0.15, 0.2) is 0 Å². The topological polar surface area (TPSA) is 54.0 Å². The van der Waals surface area contributed by atoms with E-state index in [-0.39, 0.29) is 23.6 Å². The molecule has 1 heterocycles. The number of carbonyl (C=O) groups excluding carboxylic acids is 1. The lowest BCUT2D eigenvalue weighted by molar-refractivity contribution is -0.274. The molecule has 1 aliphatic rings. The molecule has 0 aliphatic carbocycles. The van der Waals surface area contributed by atoms with E-state index < -0.39 is 6.36 Å². The minimum absolute atomic E-state index is 0.155. The van der Waals surface area contributed by atoms with Gasteiger partial charge in [-0.25, -0.2) is 4.79 Å². The van der Waals surface area contributed by atoms with Gasteiger partial charge < -0.3 is 19.7 Å². The molecule has 1 atom stereocenters. The average molecular weight is 474 g/mol. The zero-order valence-corrected chi connectivity index (χ0v) is 17.3. The number of amides is 2. The number of nitrogens with one attached hydrogen (secondary N) is 1. The van der Waals surface area contributed by atoms with E-state index in [1.54, 1.807) is 22.9 Å². The van der Waals surface area contributed by atoms with E-state index in [9.17, 15) is 18.0 Å². The predicted molar refractivity (Wildman–Crippen MR) is 107 cm³/mol. The molecule has 1 unspecified atom stereocenters. The van der Waals surface area contributed by atoms with E-state index in [0.29, 0.717) is 18.8 Å². The number of carbonyl (C=O) groups is 1. The van der Waals surface area contributed by atoms with Crippen LogP contribution >= 0.6 is 15.9 Å². The average Bonchev–Trinajstić information content (AvgIpc) is 2.63. The number of nitrogens with zero attached hydrogens (tertiary/aromatic N) is 2. The molecule has 29 heavy (non-hydrogen) atoms. The molecule has 2 amide bonds. The lowest BCUT2D eigenvalue weighted by atomic mass is 10.1. The van der Waals surface area contributed by atoms with Gasteiger partial charge >= 0.3 is 12.4 Å². The van der Waals surface area contributed by atoms with Gasteiger partial charge in [-0.05, 0) is 24.3 Å². The van der Waals surface area contributed by atoms with Crippen LogP contribution in [-0.4, -0.2) is 50.6 Å².